The Labute approximate surface area is 150 Å². The smallest absolute Gasteiger partial charge is 0.231 e. The van der Waals surface area contributed by atoms with Crippen LogP contribution in [0.2, 0.25) is 0 Å². The van der Waals surface area contributed by atoms with Gasteiger partial charge in [0.25, 0.3) is 0 Å². The summed E-state index contributed by atoms with van der Waals surface area (Å²) < 4.78 is 0.911. The molecule has 0 saturated heterocycles. The second-order valence-electron chi connectivity index (χ2n) is 5.74. The SMILES string of the molecule is CCC(C(=O)Nc1ccc2nc(NC(C)=O)sc2c1)c1ccccc1. The molecular formula is C19H19N3O2S. The summed E-state index contributed by atoms with van der Waals surface area (Å²) in [4.78, 5) is 28.1. The second kappa shape index (κ2) is 7.44. The zero-order valence-electron chi connectivity index (χ0n) is 14.1. The van der Waals surface area contributed by atoms with Crippen LogP contribution in [0.25, 0.3) is 10.2 Å². The van der Waals surface area contributed by atoms with Crippen LogP contribution in [0.1, 0.15) is 31.7 Å². The Morgan fingerprint density at radius 3 is 2.56 bits per heavy atom. The van der Waals surface area contributed by atoms with Gasteiger partial charge in [-0.3, -0.25) is 9.59 Å². The normalized spacial score (nSPS) is 11.9. The third-order valence-electron chi connectivity index (χ3n) is 3.87. The molecule has 1 unspecified atom stereocenters. The molecular weight excluding hydrogens is 334 g/mol. The van der Waals surface area contributed by atoms with Crippen molar-refractivity contribution in [1.82, 2.24) is 4.98 Å². The van der Waals surface area contributed by atoms with Crippen molar-refractivity contribution in [2.45, 2.75) is 26.2 Å². The topological polar surface area (TPSA) is 71.1 Å². The average Bonchev–Trinajstić information content (AvgIpc) is 2.97. The first-order valence-corrected chi connectivity index (χ1v) is 8.92. The Morgan fingerprint density at radius 2 is 1.88 bits per heavy atom. The van der Waals surface area contributed by atoms with Crippen molar-refractivity contribution in [1.29, 1.82) is 0 Å². The standard InChI is InChI=1S/C19H19N3O2S/c1-3-15(13-7-5-4-6-8-13)18(24)21-14-9-10-16-17(11-14)25-19(22-16)20-12(2)23/h4-11,15H,3H2,1-2H3,(H,21,24)(H,20,22,23). The Balaban J connectivity index is 1.79. The van der Waals surface area contributed by atoms with E-state index in [1.54, 1.807) is 0 Å². The molecule has 0 aliphatic heterocycles. The first-order valence-electron chi connectivity index (χ1n) is 8.11. The number of benzene rings is 2. The van der Waals surface area contributed by atoms with Gasteiger partial charge in [0.05, 0.1) is 16.1 Å². The number of aromatic nitrogens is 1. The summed E-state index contributed by atoms with van der Waals surface area (Å²) in [5.74, 6) is -0.367. The van der Waals surface area contributed by atoms with E-state index in [1.807, 2.05) is 55.5 Å². The monoisotopic (exact) mass is 353 g/mol. The number of amides is 2. The highest BCUT2D eigenvalue weighted by Gasteiger charge is 2.18. The van der Waals surface area contributed by atoms with Gasteiger partial charge in [0.2, 0.25) is 11.8 Å². The third-order valence-corrected chi connectivity index (χ3v) is 4.80. The zero-order valence-corrected chi connectivity index (χ0v) is 14.9. The van der Waals surface area contributed by atoms with Crippen molar-refractivity contribution in [2.24, 2.45) is 0 Å². The molecule has 6 heteroatoms. The largest absolute Gasteiger partial charge is 0.326 e. The fourth-order valence-electron chi connectivity index (χ4n) is 2.69. The first kappa shape index (κ1) is 17.1. The molecule has 1 aromatic heterocycles. The van der Waals surface area contributed by atoms with Gasteiger partial charge in [-0.05, 0) is 30.2 Å². The highest BCUT2D eigenvalue weighted by Crippen LogP contribution is 2.29. The van der Waals surface area contributed by atoms with Crippen LogP contribution >= 0.6 is 11.3 Å². The number of rotatable bonds is 5. The maximum atomic E-state index is 12.7. The number of hydrogen-bond acceptors (Lipinski definition) is 4. The molecule has 2 aromatic carbocycles. The van der Waals surface area contributed by atoms with E-state index < -0.39 is 0 Å². The Bertz CT molecular complexity index is 905. The Hall–Kier alpha value is -2.73. The van der Waals surface area contributed by atoms with Crippen LogP contribution < -0.4 is 10.6 Å². The van der Waals surface area contributed by atoms with Gasteiger partial charge in [-0.15, -0.1) is 0 Å². The van der Waals surface area contributed by atoms with E-state index in [2.05, 4.69) is 15.6 Å². The van der Waals surface area contributed by atoms with E-state index in [0.717, 1.165) is 27.9 Å². The fraction of sp³-hybridized carbons (Fsp3) is 0.211. The number of carbonyl (C=O) groups is 2. The predicted octanol–water partition coefficient (Wildman–Crippen LogP) is 4.39. The third kappa shape index (κ3) is 4.03. The molecule has 2 N–H and O–H groups in total. The van der Waals surface area contributed by atoms with E-state index in [9.17, 15) is 9.59 Å². The van der Waals surface area contributed by atoms with E-state index in [-0.39, 0.29) is 17.7 Å². The molecule has 0 spiro atoms. The lowest BCUT2D eigenvalue weighted by Crippen LogP contribution is -2.20. The number of anilines is 2. The summed E-state index contributed by atoms with van der Waals surface area (Å²) in [5, 5.41) is 6.23. The highest BCUT2D eigenvalue weighted by molar-refractivity contribution is 7.22. The summed E-state index contributed by atoms with van der Waals surface area (Å²) >= 11 is 1.38. The molecule has 128 valence electrons. The molecule has 3 aromatic rings. The number of nitrogens with zero attached hydrogens (tertiary/aromatic N) is 1. The van der Waals surface area contributed by atoms with Crippen molar-refractivity contribution < 1.29 is 9.59 Å². The van der Waals surface area contributed by atoms with Gasteiger partial charge >= 0.3 is 0 Å². The van der Waals surface area contributed by atoms with Gasteiger partial charge in [0.15, 0.2) is 5.13 Å². The second-order valence-corrected chi connectivity index (χ2v) is 6.77. The summed E-state index contributed by atoms with van der Waals surface area (Å²) in [6, 6.07) is 15.3. The molecule has 0 bridgehead atoms. The minimum absolute atomic E-state index is 0.0281. The van der Waals surface area contributed by atoms with Gasteiger partial charge in [-0.25, -0.2) is 4.98 Å². The summed E-state index contributed by atoms with van der Waals surface area (Å²) in [5.41, 5.74) is 2.53. The van der Waals surface area contributed by atoms with Crippen LogP contribution in [0, 0.1) is 0 Å². The number of carbonyl (C=O) groups excluding carboxylic acids is 2. The van der Waals surface area contributed by atoms with Gasteiger partial charge in [0.1, 0.15) is 0 Å². The molecule has 25 heavy (non-hydrogen) atoms. The molecule has 1 heterocycles. The Morgan fingerprint density at radius 1 is 1.12 bits per heavy atom. The molecule has 0 fully saturated rings. The van der Waals surface area contributed by atoms with Crippen LogP contribution in [0.15, 0.2) is 48.5 Å². The van der Waals surface area contributed by atoms with E-state index >= 15 is 0 Å². The van der Waals surface area contributed by atoms with E-state index in [4.69, 9.17) is 0 Å². The maximum Gasteiger partial charge on any atom is 0.231 e. The van der Waals surface area contributed by atoms with Crippen molar-refractivity contribution in [2.75, 3.05) is 10.6 Å². The minimum Gasteiger partial charge on any atom is -0.326 e. The van der Waals surface area contributed by atoms with Crippen LogP contribution in [0.5, 0.6) is 0 Å². The highest BCUT2D eigenvalue weighted by atomic mass is 32.1. The lowest BCUT2D eigenvalue weighted by molar-refractivity contribution is -0.117. The minimum atomic E-state index is -0.187. The fourth-order valence-corrected chi connectivity index (χ4v) is 3.64. The van der Waals surface area contributed by atoms with Gasteiger partial charge in [-0.2, -0.15) is 0 Å². The predicted molar refractivity (Wildman–Crippen MR) is 102 cm³/mol. The number of hydrogen-bond donors (Lipinski definition) is 2. The molecule has 0 aliphatic rings. The molecule has 0 radical (unpaired) electrons. The number of thiazole rings is 1. The first-order chi connectivity index (χ1) is 12.1. The summed E-state index contributed by atoms with van der Waals surface area (Å²) in [7, 11) is 0. The average molecular weight is 353 g/mol. The molecule has 5 nitrogen and oxygen atoms in total. The summed E-state index contributed by atoms with van der Waals surface area (Å²) in [6.07, 6.45) is 0.728. The molecule has 0 saturated carbocycles. The van der Waals surface area contributed by atoms with Crippen LogP contribution in [-0.4, -0.2) is 16.8 Å². The number of fused-ring (bicyclic) bond motifs is 1. The van der Waals surface area contributed by atoms with Crippen molar-refractivity contribution in [3.05, 3.63) is 54.1 Å². The van der Waals surface area contributed by atoms with Crippen LogP contribution in [0.3, 0.4) is 0 Å². The lowest BCUT2D eigenvalue weighted by atomic mass is 9.95. The van der Waals surface area contributed by atoms with Gasteiger partial charge in [-0.1, -0.05) is 48.6 Å². The molecule has 0 aliphatic carbocycles. The van der Waals surface area contributed by atoms with E-state index in [0.29, 0.717) is 5.13 Å². The zero-order chi connectivity index (χ0) is 17.8. The van der Waals surface area contributed by atoms with Crippen molar-refractivity contribution in [3.8, 4) is 0 Å². The quantitative estimate of drug-likeness (QED) is 0.715. The molecule has 3 rings (SSSR count). The van der Waals surface area contributed by atoms with Crippen LogP contribution in [0.4, 0.5) is 10.8 Å². The van der Waals surface area contributed by atoms with E-state index in [1.165, 1.54) is 18.3 Å². The molecule has 1 atom stereocenters. The Kier molecular flexibility index (Phi) is 5.09. The van der Waals surface area contributed by atoms with Crippen molar-refractivity contribution in [3.63, 3.8) is 0 Å². The van der Waals surface area contributed by atoms with Gasteiger partial charge < -0.3 is 10.6 Å². The van der Waals surface area contributed by atoms with Crippen LogP contribution in [-0.2, 0) is 9.59 Å². The van der Waals surface area contributed by atoms with Gasteiger partial charge in [0, 0.05) is 12.6 Å². The number of nitrogens with one attached hydrogen (secondary N) is 2. The van der Waals surface area contributed by atoms with Crippen molar-refractivity contribution >= 4 is 44.2 Å². The lowest BCUT2D eigenvalue weighted by Gasteiger charge is -2.15. The molecule has 2 amide bonds. The maximum absolute atomic E-state index is 12.7. The summed E-state index contributed by atoms with van der Waals surface area (Å²) in [6.45, 7) is 3.45.